The molecule has 0 spiro atoms. The molecular weight excluding hydrogens is 412 g/mol. The fourth-order valence-electron chi connectivity index (χ4n) is 3.76. The van der Waals surface area contributed by atoms with Crippen molar-refractivity contribution in [1.29, 1.82) is 0 Å². The van der Waals surface area contributed by atoms with Crippen LogP contribution in [0.15, 0.2) is 27.6 Å². The minimum atomic E-state index is -3.46. The normalized spacial score (nSPS) is 17.5. The second-order valence-corrected chi connectivity index (χ2v) is 10.2. The first-order valence-corrected chi connectivity index (χ1v) is 12.3. The highest BCUT2D eigenvalue weighted by Gasteiger charge is 2.30. The molecule has 0 unspecified atom stereocenters. The van der Waals surface area contributed by atoms with Gasteiger partial charge in [-0.2, -0.15) is 9.29 Å². The molecule has 1 saturated heterocycles. The molecule has 8 nitrogen and oxygen atoms in total. The van der Waals surface area contributed by atoms with Gasteiger partial charge in [-0.15, -0.1) is 11.8 Å². The Labute approximate surface area is 174 Å². The van der Waals surface area contributed by atoms with Crippen LogP contribution in [-0.4, -0.2) is 54.2 Å². The third kappa shape index (κ3) is 4.34. The summed E-state index contributed by atoms with van der Waals surface area (Å²) in [6, 6.07) is 5.13. The lowest BCUT2D eigenvalue weighted by molar-refractivity contribution is -0.116. The Morgan fingerprint density at radius 3 is 2.72 bits per heavy atom. The van der Waals surface area contributed by atoms with Gasteiger partial charge in [0.05, 0.1) is 16.4 Å². The first-order chi connectivity index (χ1) is 13.9. The molecule has 2 aliphatic rings. The highest BCUT2D eigenvalue weighted by Crippen LogP contribution is 2.32. The van der Waals surface area contributed by atoms with Crippen molar-refractivity contribution in [3.05, 3.63) is 35.5 Å². The minimum absolute atomic E-state index is 0.000560. The highest BCUT2D eigenvalue weighted by molar-refractivity contribution is 7.99. The number of aromatic nitrogens is 2. The number of amides is 1. The molecule has 0 atom stereocenters. The van der Waals surface area contributed by atoms with Crippen LogP contribution in [0.1, 0.15) is 36.5 Å². The average molecular weight is 437 g/mol. The van der Waals surface area contributed by atoms with Crippen LogP contribution in [0.4, 0.5) is 5.69 Å². The van der Waals surface area contributed by atoms with E-state index in [1.54, 1.807) is 34.3 Å². The van der Waals surface area contributed by atoms with Crippen LogP contribution in [0.5, 0.6) is 0 Å². The van der Waals surface area contributed by atoms with Crippen molar-refractivity contribution in [3.8, 4) is 0 Å². The molecule has 1 aromatic heterocycles. The maximum atomic E-state index is 12.9. The number of fused-ring (bicyclic) bond motifs is 1. The monoisotopic (exact) mass is 436 g/mol. The van der Waals surface area contributed by atoms with Gasteiger partial charge in [0.1, 0.15) is 0 Å². The predicted octanol–water partition coefficient (Wildman–Crippen LogP) is 2.38. The number of carbonyl (C=O) groups is 1. The number of hydrogen-bond acceptors (Lipinski definition) is 7. The van der Waals surface area contributed by atoms with E-state index in [2.05, 4.69) is 10.1 Å². The molecule has 1 aromatic carbocycles. The topological polar surface area (TPSA) is 96.6 Å². The van der Waals surface area contributed by atoms with E-state index in [0.29, 0.717) is 54.2 Å². The molecule has 3 heterocycles. The van der Waals surface area contributed by atoms with E-state index in [9.17, 15) is 13.2 Å². The van der Waals surface area contributed by atoms with Crippen LogP contribution in [0.3, 0.4) is 0 Å². The molecule has 2 aromatic rings. The van der Waals surface area contributed by atoms with Crippen LogP contribution in [0, 0.1) is 6.92 Å². The molecule has 0 radical (unpaired) electrons. The molecule has 0 N–H and O–H groups in total. The van der Waals surface area contributed by atoms with E-state index in [1.807, 2.05) is 0 Å². The van der Waals surface area contributed by atoms with Crippen molar-refractivity contribution in [2.24, 2.45) is 0 Å². The maximum absolute atomic E-state index is 12.9. The van der Waals surface area contributed by atoms with Gasteiger partial charge in [0.2, 0.25) is 21.8 Å². The third-order valence-electron chi connectivity index (χ3n) is 5.23. The van der Waals surface area contributed by atoms with Gasteiger partial charge in [0.25, 0.3) is 0 Å². The van der Waals surface area contributed by atoms with Crippen molar-refractivity contribution in [1.82, 2.24) is 14.4 Å². The zero-order valence-corrected chi connectivity index (χ0v) is 18.0. The molecule has 10 heteroatoms. The molecule has 29 heavy (non-hydrogen) atoms. The number of anilines is 1. The quantitative estimate of drug-likeness (QED) is 0.686. The highest BCUT2D eigenvalue weighted by atomic mass is 32.2. The third-order valence-corrected chi connectivity index (χ3v) is 8.03. The van der Waals surface area contributed by atoms with E-state index >= 15 is 0 Å². The summed E-state index contributed by atoms with van der Waals surface area (Å²) < 4.78 is 32.3. The first kappa shape index (κ1) is 20.4. The SMILES string of the molecule is Cc1nc(CSCC(=O)N2CCc3cc(S(=O)(=O)N4CCCCC4)ccc32)no1. The zero-order chi connectivity index (χ0) is 20.4. The first-order valence-electron chi connectivity index (χ1n) is 9.75. The summed E-state index contributed by atoms with van der Waals surface area (Å²) in [5.74, 6) is 1.91. The number of rotatable bonds is 6. The van der Waals surface area contributed by atoms with Crippen LogP contribution >= 0.6 is 11.8 Å². The van der Waals surface area contributed by atoms with Gasteiger partial charge in [-0.05, 0) is 43.0 Å². The molecule has 1 amide bonds. The second kappa shape index (κ2) is 8.45. The summed E-state index contributed by atoms with van der Waals surface area (Å²) in [6.07, 6.45) is 3.57. The Morgan fingerprint density at radius 2 is 2.00 bits per heavy atom. The largest absolute Gasteiger partial charge is 0.340 e. The van der Waals surface area contributed by atoms with Crippen LogP contribution in [-0.2, 0) is 27.0 Å². The van der Waals surface area contributed by atoms with Crippen molar-refractivity contribution < 1.29 is 17.7 Å². The number of carbonyl (C=O) groups excluding carboxylic acids is 1. The van der Waals surface area contributed by atoms with Gasteiger partial charge in [0, 0.05) is 32.2 Å². The lowest BCUT2D eigenvalue weighted by Crippen LogP contribution is -2.35. The molecule has 156 valence electrons. The smallest absolute Gasteiger partial charge is 0.243 e. The van der Waals surface area contributed by atoms with Crippen molar-refractivity contribution >= 4 is 33.4 Å². The van der Waals surface area contributed by atoms with Crippen molar-refractivity contribution in [2.75, 3.05) is 30.3 Å². The summed E-state index contributed by atoms with van der Waals surface area (Å²) in [6.45, 7) is 3.47. The lowest BCUT2D eigenvalue weighted by atomic mass is 10.2. The predicted molar refractivity (Wildman–Crippen MR) is 110 cm³/mol. The standard InChI is InChI=1S/C19H24N4O4S2/c1-14-20-18(21-27-14)12-28-13-19(24)23-10-7-15-11-16(5-6-17(15)23)29(25,26)22-8-3-2-4-9-22/h5-6,11H,2-4,7-10,12-13H2,1H3. The molecule has 2 aliphatic heterocycles. The van der Waals surface area contributed by atoms with Crippen molar-refractivity contribution in [3.63, 3.8) is 0 Å². The fraction of sp³-hybridized carbons (Fsp3) is 0.526. The Morgan fingerprint density at radius 1 is 1.21 bits per heavy atom. The average Bonchev–Trinajstić information content (AvgIpc) is 3.34. The van der Waals surface area contributed by atoms with Gasteiger partial charge in [-0.25, -0.2) is 8.42 Å². The molecule has 4 rings (SSSR count). The number of thioether (sulfide) groups is 1. The van der Waals surface area contributed by atoms with Gasteiger partial charge in [-0.3, -0.25) is 4.79 Å². The zero-order valence-electron chi connectivity index (χ0n) is 16.3. The Hall–Kier alpha value is -1.91. The molecule has 1 fully saturated rings. The van der Waals surface area contributed by atoms with Crippen LogP contribution in [0.25, 0.3) is 0 Å². The van der Waals surface area contributed by atoms with Gasteiger partial charge < -0.3 is 9.42 Å². The van der Waals surface area contributed by atoms with Gasteiger partial charge in [-0.1, -0.05) is 11.6 Å². The maximum Gasteiger partial charge on any atom is 0.243 e. The number of aryl methyl sites for hydroxylation is 1. The Kier molecular flexibility index (Phi) is 5.93. The van der Waals surface area contributed by atoms with Gasteiger partial charge >= 0.3 is 0 Å². The molecule has 0 bridgehead atoms. The van der Waals surface area contributed by atoms with Crippen molar-refractivity contribution in [2.45, 2.75) is 43.3 Å². The minimum Gasteiger partial charge on any atom is -0.340 e. The van der Waals surface area contributed by atoms with E-state index in [1.165, 1.54) is 11.8 Å². The second-order valence-electron chi connectivity index (χ2n) is 7.27. The number of sulfonamides is 1. The molecule has 0 aliphatic carbocycles. The van der Waals surface area contributed by atoms with Crippen LogP contribution < -0.4 is 4.90 Å². The summed E-state index contributed by atoms with van der Waals surface area (Å²) >= 11 is 1.44. The number of piperidine rings is 1. The van der Waals surface area contributed by atoms with E-state index in [4.69, 9.17) is 4.52 Å². The van der Waals surface area contributed by atoms with E-state index < -0.39 is 10.0 Å². The van der Waals surface area contributed by atoms with Crippen LogP contribution in [0.2, 0.25) is 0 Å². The van der Waals surface area contributed by atoms with E-state index in [0.717, 1.165) is 30.5 Å². The summed E-state index contributed by atoms with van der Waals surface area (Å²) in [4.78, 5) is 18.8. The Bertz CT molecular complexity index is 999. The summed E-state index contributed by atoms with van der Waals surface area (Å²) in [5.41, 5.74) is 1.72. The molecule has 0 saturated carbocycles. The lowest BCUT2D eigenvalue weighted by Gasteiger charge is -2.26. The van der Waals surface area contributed by atoms with E-state index in [-0.39, 0.29) is 5.91 Å². The number of hydrogen-bond donors (Lipinski definition) is 0. The summed E-state index contributed by atoms with van der Waals surface area (Å²) in [7, 11) is -3.46. The number of benzene rings is 1. The molecular formula is C19H24N4O4S2. The Balaban J connectivity index is 1.41. The number of nitrogens with zero attached hydrogens (tertiary/aromatic N) is 4. The van der Waals surface area contributed by atoms with Gasteiger partial charge in [0.15, 0.2) is 5.82 Å². The fourth-order valence-corrected chi connectivity index (χ4v) is 6.06. The summed E-state index contributed by atoms with van der Waals surface area (Å²) in [5, 5.41) is 3.82.